The second-order valence-electron chi connectivity index (χ2n) is 4.51. The van der Waals surface area contributed by atoms with Gasteiger partial charge in [-0.2, -0.15) is 13.2 Å². The predicted octanol–water partition coefficient (Wildman–Crippen LogP) is 3.23. The molecule has 0 aliphatic rings. The predicted molar refractivity (Wildman–Crippen MR) is 65.1 cm³/mol. The van der Waals surface area contributed by atoms with E-state index in [2.05, 4.69) is 4.98 Å². The Bertz CT molecular complexity index is 729. The number of carboxylic acid groups (broad SMARTS) is 1. The van der Waals surface area contributed by atoms with E-state index < -0.39 is 29.2 Å². The van der Waals surface area contributed by atoms with Gasteiger partial charge in [-0.25, -0.2) is 4.79 Å². The number of aromatic amines is 1. The third kappa shape index (κ3) is 2.15. The number of Topliss-reactive ketones (excluding diaryl/α,β-unsaturated/α-hetero) is 1. The Balaban J connectivity index is 2.89. The van der Waals surface area contributed by atoms with Gasteiger partial charge in [-0.05, 0) is 31.0 Å². The lowest BCUT2D eigenvalue weighted by Gasteiger charge is -2.07. The van der Waals surface area contributed by atoms with E-state index in [0.717, 1.165) is 5.56 Å². The molecule has 7 heteroatoms. The molecule has 2 aromatic rings. The first-order valence-electron chi connectivity index (χ1n) is 5.60. The number of H-pyrrole nitrogens is 1. The summed E-state index contributed by atoms with van der Waals surface area (Å²) in [5.41, 5.74) is -0.212. The summed E-state index contributed by atoms with van der Waals surface area (Å²) in [6, 6.07) is 3.09. The highest BCUT2D eigenvalue weighted by Crippen LogP contribution is 2.32. The van der Waals surface area contributed by atoms with E-state index in [1.807, 2.05) is 0 Å². The van der Waals surface area contributed by atoms with Crippen molar-refractivity contribution in [2.45, 2.75) is 20.0 Å². The molecule has 4 nitrogen and oxygen atoms in total. The highest BCUT2D eigenvalue weighted by Gasteiger charge is 2.43. The van der Waals surface area contributed by atoms with Crippen molar-refractivity contribution in [2.75, 3.05) is 0 Å². The minimum Gasteiger partial charge on any atom is -0.477 e. The molecule has 0 amide bonds. The van der Waals surface area contributed by atoms with Crippen LogP contribution in [0.2, 0.25) is 0 Å². The van der Waals surface area contributed by atoms with E-state index in [0.29, 0.717) is 5.56 Å². The lowest BCUT2D eigenvalue weighted by Crippen LogP contribution is -2.24. The van der Waals surface area contributed by atoms with E-state index in [4.69, 9.17) is 5.11 Å². The van der Waals surface area contributed by atoms with Crippen LogP contribution in [0.1, 0.15) is 32.0 Å². The summed E-state index contributed by atoms with van der Waals surface area (Å²) in [4.78, 5) is 24.9. The van der Waals surface area contributed by atoms with Gasteiger partial charge in [0.05, 0.1) is 5.56 Å². The van der Waals surface area contributed by atoms with E-state index in [9.17, 15) is 22.8 Å². The zero-order valence-electron chi connectivity index (χ0n) is 10.6. The summed E-state index contributed by atoms with van der Waals surface area (Å²) in [6.07, 6.45) is -5.13. The number of alkyl halides is 3. The van der Waals surface area contributed by atoms with Gasteiger partial charge in [-0.1, -0.05) is 6.07 Å². The van der Waals surface area contributed by atoms with E-state index in [1.165, 1.54) is 13.0 Å². The molecule has 0 saturated carbocycles. The first kappa shape index (κ1) is 14.1. The third-order valence-electron chi connectivity index (χ3n) is 2.94. The molecule has 0 radical (unpaired) electrons. The molecule has 0 saturated heterocycles. The van der Waals surface area contributed by atoms with Gasteiger partial charge in [-0.15, -0.1) is 0 Å². The van der Waals surface area contributed by atoms with Gasteiger partial charge in [0, 0.05) is 10.9 Å². The van der Waals surface area contributed by atoms with Crippen molar-refractivity contribution in [1.29, 1.82) is 0 Å². The molecule has 1 aromatic heterocycles. The molecule has 0 bridgehead atoms. The maximum absolute atomic E-state index is 12.6. The lowest BCUT2D eigenvalue weighted by atomic mass is 10.0. The monoisotopic (exact) mass is 285 g/mol. The quantitative estimate of drug-likeness (QED) is 0.832. The summed E-state index contributed by atoms with van der Waals surface area (Å²) in [6.45, 7) is 3.25. The standard InChI is InChI=1S/C13H10F3NO3/c1-5-3-6(2)8-7(4-5)17-10(12(19)20)9(8)11(18)13(14,15)16/h3-4,17H,1-2H3,(H,19,20). The Morgan fingerprint density at radius 3 is 2.30 bits per heavy atom. The van der Waals surface area contributed by atoms with Crippen molar-refractivity contribution in [2.24, 2.45) is 0 Å². The van der Waals surface area contributed by atoms with Crippen molar-refractivity contribution in [1.82, 2.24) is 4.98 Å². The maximum Gasteiger partial charge on any atom is 0.454 e. The second kappa shape index (κ2) is 4.36. The molecule has 0 aliphatic heterocycles. The molecular weight excluding hydrogens is 275 g/mol. The van der Waals surface area contributed by atoms with Gasteiger partial charge >= 0.3 is 12.1 Å². The van der Waals surface area contributed by atoms with Crippen LogP contribution in [0.5, 0.6) is 0 Å². The minimum atomic E-state index is -5.13. The second-order valence-corrected chi connectivity index (χ2v) is 4.51. The number of fused-ring (bicyclic) bond motifs is 1. The molecule has 0 atom stereocenters. The molecule has 0 fully saturated rings. The van der Waals surface area contributed by atoms with Crippen molar-refractivity contribution in [3.63, 3.8) is 0 Å². The van der Waals surface area contributed by atoms with Crippen LogP contribution < -0.4 is 0 Å². The first-order chi connectivity index (χ1) is 9.12. The molecule has 2 rings (SSSR count). The smallest absolute Gasteiger partial charge is 0.454 e. The summed E-state index contributed by atoms with van der Waals surface area (Å²) < 4.78 is 37.9. The zero-order valence-corrected chi connectivity index (χ0v) is 10.6. The van der Waals surface area contributed by atoms with Crippen LogP contribution in [0.15, 0.2) is 12.1 Å². The summed E-state index contributed by atoms with van der Waals surface area (Å²) in [5.74, 6) is -3.76. The minimum absolute atomic E-state index is 0.00433. The fourth-order valence-electron chi connectivity index (χ4n) is 2.25. The van der Waals surface area contributed by atoms with Crippen molar-refractivity contribution in [3.8, 4) is 0 Å². The number of carbonyl (C=O) groups is 2. The van der Waals surface area contributed by atoms with Gasteiger partial charge in [0.2, 0.25) is 0 Å². The number of ketones is 1. The van der Waals surface area contributed by atoms with Gasteiger partial charge in [-0.3, -0.25) is 4.79 Å². The van der Waals surface area contributed by atoms with Crippen molar-refractivity contribution < 1.29 is 27.9 Å². The van der Waals surface area contributed by atoms with Gasteiger partial charge < -0.3 is 10.1 Å². The Kier molecular flexibility index (Phi) is 3.08. The Morgan fingerprint density at radius 1 is 1.20 bits per heavy atom. The fraction of sp³-hybridized carbons (Fsp3) is 0.231. The molecule has 0 unspecified atom stereocenters. The van der Waals surface area contributed by atoms with E-state index in [-0.39, 0.29) is 10.9 Å². The first-order valence-corrected chi connectivity index (χ1v) is 5.60. The Labute approximate surface area is 111 Å². The number of hydrogen-bond acceptors (Lipinski definition) is 2. The van der Waals surface area contributed by atoms with E-state index >= 15 is 0 Å². The van der Waals surface area contributed by atoms with Crippen LogP contribution in [0.4, 0.5) is 13.2 Å². The molecule has 20 heavy (non-hydrogen) atoms. The number of nitrogens with one attached hydrogen (secondary N) is 1. The third-order valence-corrected chi connectivity index (χ3v) is 2.94. The number of aromatic carboxylic acids is 1. The maximum atomic E-state index is 12.6. The van der Waals surface area contributed by atoms with Gasteiger partial charge in [0.15, 0.2) is 0 Å². The van der Waals surface area contributed by atoms with Crippen LogP contribution in [0, 0.1) is 13.8 Å². The molecular formula is C13H10F3NO3. The molecule has 2 N–H and O–H groups in total. The highest BCUT2D eigenvalue weighted by molar-refractivity contribution is 6.17. The number of carbonyl (C=O) groups excluding carboxylic acids is 1. The molecule has 0 aliphatic carbocycles. The van der Waals surface area contributed by atoms with Gasteiger partial charge in [0.1, 0.15) is 5.69 Å². The van der Waals surface area contributed by atoms with Crippen molar-refractivity contribution in [3.05, 3.63) is 34.5 Å². The van der Waals surface area contributed by atoms with Crippen molar-refractivity contribution >= 4 is 22.7 Å². The number of aromatic nitrogens is 1. The molecule has 106 valence electrons. The van der Waals surface area contributed by atoms with Crippen LogP contribution in [0.25, 0.3) is 10.9 Å². The normalized spacial score (nSPS) is 11.8. The molecule has 1 aromatic carbocycles. The summed E-state index contributed by atoms with van der Waals surface area (Å²) in [5, 5.41) is 8.99. The summed E-state index contributed by atoms with van der Waals surface area (Å²) >= 11 is 0. The van der Waals surface area contributed by atoms with Gasteiger partial charge in [0.25, 0.3) is 5.78 Å². The van der Waals surface area contributed by atoms with Crippen LogP contribution in [-0.4, -0.2) is 28.0 Å². The SMILES string of the molecule is Cc1cc(C)c2c(C(=O)C(F)(F)F)c(C(=O)O)[nH]c2c1. The number of carboxylic acids is 1. The average molecular weight is 285 g/mol. The number of rotatable bonds is 2. The number of hydrogen-bond donors (Lipinski definition) is 2. The van der Waals surface area contributed by atoms with E-state index in [1.54, 1.807) is 13.0 Å². The topological polar surface area (TPSA) is 70.2 Å². The molecule has 0 spiro atoms. The Morgan fingerprint density at radius 2 is 1.80 bits per heavy atom. The summed E-state index contributed by atoms with van der Waals surface area (Å²) in [7, 11) is 0. The lowest BCUT2D eigenvalue weighted by molar-refractivity contribution is -0.0884. The van der Waals surface area contributed by atoms with Crippen LogP contribution in [-0.2, 0) is 0 Å². The Hall–Kier alpha value is -2.31. The molecule has 1 heterocycles. The number of aryl methyl sites for hydroxylation is 2. The largest absolute Gasteiger partial charge is 0.477 e. The zero-order chi connectivity index (χ0) is 15.2. The average Bonchev–Trinajstić information content (AvgIpc) is 2.65. The van der Waals surface area contributed by atoms with Crippen LogP contribution in [0.3, 0.4) is 0 Å². The highest BCUT2D eigenvalue weighted by atomic mass is 19.4. The number of halogens is 3. The van der Waals surface area contributed by atoms with Crippen LogP contribution >= 0.6 is 0 Å². The number of benzene rings is 1. The fourth-order valence-corrected chi connectivity index (χ4v) is 2.25.